The molecule has 0 atom stereocenters. The fourth-order valence-corrected chi connectivity index (χ4v) is 4.52. The largest absolute Gasteiger partial charge is 0.457 e. The van der Waals surface area contributed by atoms with Gasteiger partial charge >= 0.3 is 0 Å². The molecule has 0 unspecified atom stereocenters. The van der Waals surface area contributed by atoms with Gasteiger partial charge in [0.25, 0.3) is 0 Å². The molecule has 1 saturated carbocycles. The van der Waals surface area contributed by atoms with Gasteiger partial charge in [-0.25, -0.2) is 9.97 Å². The van der Waals surface area contributed by atoms with Crippen LogP contribution in [0.25, 0.3) is 16.8 Å². The zero-order valence-electron chi connectivity index (χ0n) is 17.6. The monoisotopic (exact) mass is 427 g/mol. The van der Waals surface area contributed by atoms with E-state index in [4.69, 9.17) is 21.2 Å². The number of carbonyl (C=O) groups is 1. The number of nitrogens with two attached hydrogens (primary N) is 2. The molecule has 4 aromatic rings. The second kappa shape index (κ2) is 8.34. The maximum absolute atomic E-state index is 11.6. The molecule has 1 aliphatic carbocycles. The van der Waals surface area contributed by atoms with Crippen molar-refractivity contribution in [2.45, 2.75) is 31.6 Å². The Hall–Kier alpha value is -3.87. The van der Waals surface area contributed by atoms with E-state index < -0.39 is 0 Å². The number of hydrogen-bond acceptors (Lipinski definition) is 5. The summed E-state index contributed by atoms with van der Waals surface area (Å²) in [5, 5.41) is 0. The number of amides is 1. The number of carbonyl (C=O) groups excluding carboxylic acids is 1. The molecule has 0 saturated heterocycles. The van der Waals surface area contributed by atoms with Crippen LogP contribution < -0.4 is 16.2 Å². The normalized spacial score (nSPS) is 18.5. The summed E-state index contributed by atoms with van der Waals surface area (Å²) in [5.74, 6) is 2.93. The first-order chi connectivity index (χ1) is 15.6. The number of primary amides is 1. The summed E-state index contributed by atoms with van der Waals surface area (Å²) >= 11 is 0. The molecule has 7 nitrogen and oxygen atoms in total. The van der Waals surface area contributed by atoms with Gasteiger partial charge in [-0.1, -0.05) is 18.2 Å². The van der Waals surface area contributed by atoms with Crippen molar-refractivity contribution in [2.24, 2.45) is 11.7 Å². The Morgan fingerprint density at radius 3 is 2.34 bits per heavy atom. The molecule has 4 N–H and O–H groups in total. The lowest BCUT2D eigenvalue weighted by Gasteiger charge is -2.25. The maximum atomic E-state index is 11.6. The van der Waals surface area contributed by atoms with E-state index in [0.717, 1.165) is 59.8 Å². The summed E-state index contributed by atoms with van der Waals surface area (Å²) in [6.07, 6.45) is 6.93. The predicted octanol–water partition coefficient (Wildman–Crippen LogP) is 4.53. The van der Waals surface area contributed by atoms with E-state index in [-0.39, 0.29) is 17.7 Å². The highest BCUT2D eigenvalue weighted by atomic mass is 16.5. The van der Waals surface area contributed by atoms with Crippen molar-refractivity contribution >= 4 is 17.2 Å². The van der Waals surface area contributed by atoms with Gasteiger partial charge in [-0.3, -0.25) is 9.20 Å². The van der Waals surface area contributed by atoms with Crippen molar-refractivity contribution in [2.75, 3.05) is 5.73 Å². The second-order valence-corrected chi connectivity index (χ2v) is 8.24. The molecule has 2 aromatic heterocycles. The summed E-state index contributed by atoms with van der Waals surface area (Å²) < 4.78 is 7.95. The molecule has 5 rings (SSSR count). The summed E-state index contributed by atoms with van der Waals surface area (Å²) in [4.78, 5) is 20.9. The first-order valence-corrected chi connectivity index (χ1v) is 10.8. The third kappa shape index (κ3) is 3.77. The maximum Gasteiger partial charge on any atom is 0.220 e. The summed E-state index contributed by atoms with van der Waals surface area (Å²) in [6, 6.07) is 17.5. The molecule has 162 valence electrons. The second-order valence-electron chi connectivity index (χ2n) is 8.24. The zero-order chi connectivity index (χ0) is 22.1. The predicted molar refractivity (Wildman–Crippen MR) is 123 cm³/mol. The van der Waals surface area contributed by atoms with Crippen LogP contribution in [0.1, 0.15) is 37.4 Å². The summed E-state index contributed by atoms with van der Waals surface area (Å²) in [6.45, 7) is 0. The molecule has 0 radical (unpaired) electrons. The molecule has 0 bridgehead atoms. The Morgan fingerprint density at radius 1 is 0.969 bits per heavy atom. The van der Waals surface area contributed by atoms with Crippen LogP contribution in [-0.4, -0.2) is 20.3 Å². The van der Waals surface area contributed by atoms with Gasteiger partial charge in [0.15, 0.2) is 0 Å². The Balaban J connectivity index is 1.47. The van der Waals surface area contributed by atoms with E-state index >= 15 is 0 Å². The molecule has 0 aliphatic heterocycles. The molecular weight excluding hydrogens is 402 g/mol. The van der Waals surface area contributed by atoms with Crippen LogP contribution >= 0.6 is 0 Å². The topological polar surface area (TPSA) is 109 Å². The van der Waals surface area contributed by atoms with Gasteiger partial charge < -0.3 is 16.2 Å². The van der Waals surface area contributed by atoms with Crippen molar-refractivity contribution in [1.82, 2.24) is 14.4 Å². The van der Waals surface area contributed by atoms with E-state index in [1.54, 1.807) is 6.20 Å². The Bertz CT molecular complexity index is 1240. The number of rotatable bonds is 5. The number of aromatic nitrogens is 3. The van der Waals surface area contributed by atoms with Gasteiger partial charge in [-0.05, 0) is 62.1 Å². The quantitative estimate of drug-likeness (QED) is 0.486. The number of anilines is 1. The molecule has 2 heterocycles. The Kier molecular flexibility index (Phi) is 5.23. The number of nitrogens with zero attached hydrogens (tertiary/aromatic N) is 3. The highest BCUT2D eigenvalue weighted by Crippen LogP contribution is 2.38. The van der Waals surface area contributed by atoms with E-state index in [1.807, 2.05) is 65.2 Å². The molecule has 1 aliphatic rings. The van der Waals surface area contributed by atoms with Crippen molar-refractivity contribution in [3.05, 3.63) is 72.8 Å². The van der Waals surface area contributed by atoms with Crippen molar-refractivity contribution in [3.63, 3.8) is 0 Å². The molecule has 32 heavy (non-hydrogen) atoms. The number of fused-ring (bicyclic) bond motifs is 1. The highest BCUT2D eigenvalue weighted by molar-refractivity contribution is 5.85. The van der Waals surface area contributed by atoms with Gasteiger partial charge in [0.05, 0.1) is 0 Å². The average molecular weight is 428 g/mol. The number of benzene rings is 2. The van der Waals surface area contributed by atoms with Crippen molar-refractivity contribution in [1.29, 1.82) is 0 Å². The minimum absolute atomic E-state index is 0.0409. The van der Waals surface area contributed by atoms with Gasteiger partial charge in [-0.15, -0.1) is 0 Å². The number of hydrogen-bond donors (Lipinski definition) is 2. The molecule has 2 aromatic carbocycles. The van der Waals surface area contributed by atoms with E-state index in [9.17, 15) is 4.79 Å². The minimum Gasteiger partial charge on any atom is -0.457 e. The molecule has 1 fully saturated rings. The van der Waals surface area contributed by atoms with Crippen LogP contribution in [-0.2, 0) is 4.79 Å². The van der Waals surface area contributed by atoms with Crippen molar-refractivity contribution < 1.29 is 9.53 Å². The summed E-state index contributed by atoms with van der Waals surface area (Å²) in [5.41, 5.74) is 14.3. The Labute approximate surface area is 186 Å². The molecule has 7 heteroatoms. The van der Waals surface area contributed by atoms with Crippen LogP contribution in [0.2, 0.25) is 0 Å². The van der Waals surface area contributed by atoms with Gasteiger partial charge in [0, 0.05) is 29.8 Å². The molecular formula is C25H25N5O2. The lowest BCUT2D eigenvalue weighted by atomic mass is 9.81. The smallest absolute Gasteiger partial charge is 0.220 e. The van der Waals surface area contributed by atoms with E-state index in [0.29, 0.717) is 5.82 Å². The minimum atomic E-state index is -0.205. The lowest BCUT2D eigenvalue weighted by Crippen LogP contribution is -2.27. The van der Waals surface area contributed by atoms with Crippen LogP contribution in [0.15, 0.2) is 67.0 Å². The first kappa shape index (κ1) is 20.1. The number of imidazole rings is 1. The highest BCUT2D eigenvalue weighted by Gasteiger charge is 2.29. The van der Waals surface area contributed by atoms with Crippen molar-refractivity contribution in [3.8, 4) is 22.8 Å². The lowest BCUT2D eigenvalue weighted by molar-refractivity contribution is -0.122. The third-order valence-corrected chi connectivity index (χ3v) is 6.21. The van der Waals surface area contributed by atoms with Crippen LogP contribution in [0.3, 0.4) is 0 Å². The Morgan fingerprint density at radius 2 is 1.66 bits per heavy atom. The summed E-state index contributed by atoms with van der Waals surface area (Å²) in [7, 11) is 0. The van der Waals surface area contributed by atoms with E-state index in [2.05, 4.69) is 4.98 Å². The number of ether oxygens (including phenoxy) is 1. The van der Waals surface area contributed by atoms with Crippen LogP contribution in [0, 0.1) is 5.92 Å². The average Bonchev–Trinajstić information content (AvgIpc) is 3.21. The molecule has 0 spiro atoms. The fourth-order valence-electron chi connectivity index (χ4n) is 4.52. The van der Waals surface area contributed by atoms with Crippen LogP contribution in [0.5, 0.6) is 11.5 Å². The first-order valence-electron chi connectivity index (χ1n) is 10.8. The van der Waals surface area contributed by atoms with Gasteiger partial charge in [0.2, 0.25) is 5.91 Å². The number of para-hydroxylation sites is 1. The van der Waals surface area contributed by atoms with Gasteiger partial charge in [0.1, 0.15) is 34.4 Å². The third-order valence-electron chi connectivity index (χ3n) is 6.21. The fraction of sp³-hybridized carbons (Fsp3) is 0.240. The zero-order valence-corrected chi connectivity index (χ0v) is 17.6. The number of nitrogen functional groups attached to an aromatic ring is 1. The SMILES string of the molecule is NC(=O)C1CCC(c2nc(-c3ccc(Oc4ccccc4)cc3)c3c(N)nccn23)CC1. The van der Waals surface area contributed by atoms with Gasteiger partial charge in [-0.2, -0.15) is 0 Å². The molecule has 1 amide bonds. The standard InChI is InChI=1S/C25H25N5O2/c26-23-22-21(16-10-12-20(13-11-16)32-19-4-2-1-3-5-19)29-25(30(22)15-14-28-23)18-8-6-17(7-9-18)24(27)31/h1-5,10-15,17-18H,6-9H2,(H2,26,28)(H2,27,31). The van der Waals surface area contributed by atoms with E-state index in [1.165, 1.54) is 0 Å². The van der Waals surface area contributed by atoms with Crippen LogP contribution in [0.4, 0.5) is 5.82 Å².